The van der Waals surface area contributed by atoms with Crippen LogP contribution in [0.4, 0.5) is 5.95 Å². The molecule has 1 fully saturated rings. The fraction of sp³-hybridized carbons (Fsp3) is 0.316. The number of benzene rings is 1. The van der Waals surface area contributed by atoms with Gasteiger partial charge in [-0.1, -0.05) is 41.4 Å². The molecule has 2 heterocycles. The zero-order valence-electron chi connectivity index (χ0n) is 14.7. The number of primary amides is 1. The van der Waals surface area contributed by atoms with Gasteiger partial charge in [-0.2, -0.15) is 0 Å². The molecule has 1 saturated heterocycles. The van der Waals surface area contributed by atoms with Crippen molar-refractivity contribution in [2.75, 3.05) is 18.0 Å². The molecule has 0 spiro atoms. The zero-order valence-corrected chi connectivity index (χ0v) is 16.3. The maximum atomic E-state index is 12.2. The maximum absolute atomic E-state index is 12.2. The number of fused-ring (bicyclic) bond motifs is 1. The van der Waals surface area contributed by atoms with Crippen LogP contribution in [0.2, 0.25) is 10.0 Å². The summed E-state index contributed by atoms with van der Waals surface area (Å²) in [5, 5.41) is 0.731. The molecule has 1 aliphatic carbocycles. The van der Waals surface area contributed by atoms with E-state index >= 15 is 0 Å². The third-order valence-electron chi connectivity index (χ3n) is 5.25. The Labute approximate surface area is 167 Å². The maximum Gasteiger partial charge on any atom is 0.268 e. The number of aromatic nitrogens is 2. The summed E-state index contributed by atoms with van der Waals surface area (Å²) in [7, 11) is 0. The van der Waals surface area contributed by atoms with Gasteiger partial charge in [0.2, 0.25) is 5.95 Å². The number of anilines is 1. The van der Waals surface area contributed by atoms with E-state index in [2.05, 4.69) is 16.0 Å². The molecule has 0 saturated carbocycles. The Morgan fingerprint density at radius 3 is 2.78 bits per heavy atom. The molecule has 2 aromatic rings. The van der Waals surface area contributed by atoms with Gasteiger partial charge in [0.1, 0.15) is 5.69 Å². The first kappa shape index (κ1) is 18.2. The molecule has 0 radical (unpaired) electrons. The van der Waals surface area contributed by atoms with Crippen LogP contribution in [0.25, 0.3) is 11.1 Å². The smallest absolute Gasteiger partial charge is 0.268 e. The number of carbonyl (C=O) groups excluding carboxylic acids is 1. The SMILES string of the molecule is Cc1nc(N2CC3=CC[C@H](N)[C@@H]3C2)nc(C(N)=O)c1-c1cccc(Cl)c1Cl. The van der Waals surface area contributed by atoms with Crippen molar-refractivity contribution in [1.82, 2.24) is 9.97 Å². The molecule has 1 aliphatic heterocycles. The molecule has 8 heteroatoms. The number of carbonyl (C=O) groups is 1. The highest BCUT2D eigenvalue weighted by Crippen LogP contribution is 2.38. The Balaban J connectivity index is 1.80. The second-order valence-electron chi connectivity index (χ2n) is 6.96. The fourth-order valence-corrected chi connectivity index (χ4v) is 4.28. The van der Waals surface area contributed by atoms with E-state index < -0.39 is 5.91 Å². The first-order chi connectivity index (χ1) is 12.9. The van der Waals surface area contributed by atoms with Crippen molar-refractivity contribution in [3.8, 4) is 11.1 Å². The predicted molar refractivity (Wildman–Crippen MR) is 107 cm³/mol. The van der Waals surface area contributed by atoms with Crippen LogP contribution in [0, 0.1) is 12.8 Å². The topological polar surface area (TPSA) is 98.1 Å². The van der Waals surface area contributed by atoms with Crippen LogP contribution in [-0.4, -0.2) is 35.0 Å². The average molecular weight is 404 g/mol. The summed E-state index contributed by atoms with van der Waals surface area (Å²) in [6.45, 7) is 3.27. The number of amides is 1. The van der Waals surface area contributed by atoms with Gasteiger partial charge in [0, 0.05) is 36.2 Å². The van der Waals surface area contributed by atoms with Gasteiger partial charge in [-0.25, -0.2) is 9.97 Å². The summed E-state index contributed by atoms with van der Waals surface area (Å²) in [4.78, 5) is 23.3. The second kappa shape index (κ2) is 6.78. The molecule has 6 nitrogen and oxygen atoms in total. The standard InChI is InChI=1S/C19H19Cl2N5O/c1-9-15(11-3-2-4-13(20)16(11)21)17(18(23)27)25-19(24-9)26-7-10-5-6-14(22)12(10)8-26/h2-5,12,14H,6-8,22H2,1H3,(H2,23,27)/t12-,14+/m1/s1. The Morgan fingerprint density at radius 1 is 1.30 bits per heavy atom. The summed E-state index contributed by atoms with van der Waals surface area (Å²) in [6, 6.07) is 5.35. The summed E-state index contributed by atoms with van der Waals surface area (Å²) in [5.41, 5.74) is 15.0. The molecule has 4 rings (SSSR count). The summed E-state index contributed by atoms with van der Waals surface area (Å²) < 4.78 is 0. The van der Waals surface area contributed by atoms with Crippen molar-refractivity contribution in [2.24, 2.45) is 17.4 Å². The second-order valence-corrected chi connectivity index (χ2v) is 7.75. The lowest BCUT2D eigenvalue weighted by Crippen LogP contribution is -2.31. The van der Waals surface area contributed by atoms with Crippen molar-refractivity contribution in [2.45, 2.75) is 19.4 Å². The number of nitrogens with zero attached hydrogens (tertiary/aromatic N) is 3. The van der Waals surface area contributed by atoms with Crippen LogP contribution in [0.3, 0.4) is 0 Å². The van der Waals surface area contributed by atoms with Gasteiger partial charge in [0.25, 0.3) is 5.91 Å². The lowest BCUT2D eigenvalue weighted by molar-refractivity contribution is 0.0996. The molecular weight excluding hydrogens is 385 g/mol. The zero-order chi connectivity index (χ0) is 19.3. The summed E-state index contributed by atoms with van der Waals surface area (Å²) >= 11 is 12.5. The van der Waals surface area contributed by atoms with Crippen LogP contribution in [0.5, 0.6) is 0 Å². The summed E-state index contributed by atoms with van der Waals surface area (Å²) in [6.07, 6.45) is 3.10. The van der Waals surface area contributed by atoms with Crippen molar-refractivity contribution in [1.29, 1.82) is 0 Å². The van der Waals surface area contributed by atoms with Crippen molar-refractivity contribution >= 4 is 35.1 Å². The van der Waals surface area contributed by atoms with E-state index in [9.17, 15) is 4.79 Å². The summed E-state index contributed by atoms with van der Waals surface area (Å²) in [5.74, 6) is 0.154. The molecule has 1 aromatic heterocycles. The molecule has 2 atom stereocenters. The van der Waals surface area contributed by atoms with E-state index in [-0.39, 0.29) is 11.7 Å². The fourth-order valence-electron chi connectivity index (χ4n) is 3.88. The van der Waals surface area contributed by atoms with Crippen LogP contribution in [-0.2, 0) is 0 Å². The van der Waals surface area contributed by atoms with Crippen LogP contribution in [0.1, 0.15) is 22.6 Å². The first-order valence-corrected chi connectivity index (χ1v) is 9.44. The van der Waals surface area contributed by atoms with Crippen LogP contribution >= 0.6 is 23.2 Å². The lowest BCUT2D eigenvalue weighted by Gasteiger charge is -2.20. The monoisotopic (exact) mass is 403 g/mol. The van der Waals surface area contributed by atoms with E-state index in [0.717, 1.165) is 13.0 Å². The highest BCUT2D eigenvalue weighted by Gasteiger charge is 2.36. The van der Waals surface area contributed by atoms with Gasteiger partial charge in [0.15, 0.2) is 0 Å². The molecule has 4 N–H and O–H groups in total. The third-order valence-corrected chi connectivity index (χ3v) is 6.07. The molecule has 27 heavy (non-hydrogen) atoms. The Kier molecular flexibility index (Phi) is 4.58. The minimum absolute atomic E-state index is 0.131. The Bertz CT molecular complexity index is 975. The van der Waals surface area contributed by atoms with E-state index in [1.807, 2.05) is 11.8 Å². The molecule has 1 aromatic carbocycles. The number of halogens is 2. The third kappa shape index (κ3) is 3.08. The molecular formula is C19H19Cl2N5O. The normalized spacial score (nSPS) is 21.3. The Hall–Kier alpha value is -2.15. The van der Waals surface area contributed by atoms with Gasteiger partial charge >= 0.3 is 0 Å². The number of aryl methyl sites for hydroxylation is 1. The molecule has 0 unspecified atom stereocenters. The quantitative estimate of drug-likeness (QED) is 0.767. The average Bonchev–Trinajstić information content (AvgIpc) is 3.19. The van der Waals surface area contributed by atoms with E-state index in [1.165, 1.54) is 5.57 Å². The highest BCUT2D eigenvalue weighted by atomic mass is 35.5. The van der Waals surface area contributed by atoms with Gasteiger partial charge in [0.05, 0.1) is 15.7 Å². The molecule has 0 bridgehead atoms. The number of hydrogen-bond acceptors (Lipinski definition) is 5. The molecule has 2 aliphatic rings. The largest absolute Gasteiger partial charge is 0.364 e. The van der Waals surface area contributed by atoms with Gasteiger partial charge in [-0.3, -0.25) is 4.79 Å². The van der Waals surface area contributed by atoms with Crippen molar-refractivity contribution in [3.05, 3.63) is 51.3 Å². The number of nitrogens with two attached hydrogens (primary N) is 2. The minimum Gasteiger partial charge on any atom is -0.364 e. The predicted octanol–water partition coefficient (Wildman–Crippen LogP) is 2.95. The molecule has 1 amide bonds. The van der Waals surface area contributed by atoms with Gasteiger partial charge < -0.3 is 16.4 Å². The lowest BCUT2D eigenvalue weighted by atomic mass is 10.0. The van der Waals surface area contributed by atoms with E-state index in [4.69, 9.17) is 34.7 Å². The number of rotatable bonds is 3. The number of hydrogen-bond donors (Lipinski definition) is 2. The highest BCUT2D eigenvalue weighted by molar-refractivity contribution is 6.43. The van der Waals surface area contributed by atoms with E-state index in [1.54, 1.807) is 18.2 Å². The first-order valence-electron chi connectivity index (χ1n) is 8.69. The Morgan fingerprint density at radius 2 is 2.07 bits per heavy atom. The minimum atomic E-state index is -0.636. The van der Waals surface area contributed by atoms with Crippen LogP contribution < -0.4 is 16.4 Å². The van der Waals surface area contributed by atoms with E-state index in [0.29, 0.717) is 45.3 Å². The van der Waals surface area contributed by atoms with Crippen LogP contribution in [0.15, 0.2) is 29.8 Å². The molecule has 140 valence electrons. The van der Waals surface area contributed by atoms with Crippen molar-refractivity contribution in [3.63, 3.8) is 0 Å². The van der Waals surface area contributed by atoms with Gasteiger partial charge in [-0.05, 0) is 25.0 Å². The van der Waals surface area contributed by atoms with Crippen molar-refractivity contribution < 1.29 is 4.79 Å². The van der Waals surface area contributed by atoms with Gasteiger partial charge in [-0.15, -0.1) is 0 Å².